The van der Waals surface area contributed by atoms with Crippen LogP contribution in [0.15, 0.2) is 21.6 Å². The minimum absolute atomic E-state index is 0.00541. The average molecular weight is 394 g/mol. The number of hydrogen-bond donors (Lipinski definition) is 1. The zero-order valence-electron chi connectivity index (χ0n) is 11.7. The lowest BCUT2D eigenvalue weighted by atomic mass is 9.84. The molecule has 116 valence electrons. The predicted octanol–water partition coefficient (Wildman–Crippen LogP) is 3.60. The summed E-state index contributed by atoms with van der Waals surface area (Å²) < 4.78 is 28.4. The topological polar surface area (TPSA) is 59.1 Å². The van der Waals surface area contributed by atoms with Gasteiger partial charge in [-0.2, -0.15) is 0 Å². The second-order valence-corrected chi connectivity index (χ2v) is 9.15. The lowest BCUT2D eigenvalue weighted by Crippen LogP contribution is -2.40. The van der Waals surface area contributed by atoms with Crippen LogP contribution < -0.4 is 4.72 Å². The summed E-state index contributed by atoms with van der Waals surface area (Å²) in [5, 5.41) is 0.00541. The highest BCUT2D eigenvalue weighted by Gasteiger charge is 2.42. The molecule has 0 amide bonds. The van der Waals surface area contributed by atoms with E-state index in [-0.39, 0.29) is 16.1 Å². The number of pyridine rings is 1. The molecule has 2 bridgehead atoms. The van der Waals surface area contributed by atoms with E-state index in [9.17, 15) is 8.42 Å². The van der Waals surface area contributed by atoms with Gasteiger partial charge in [-0.3, -0.25) is 0 Å². The number of aromatic nitrogens is 1. The molecule has 4 unspecified atom stereocenters. The molecule has 0 radical (unpaired) electrons. The first-order chi connectivity index (χ1) is 9.87. The Morgan fingerprint density at radius 2 is 2.19 bits per heavy atom. The van der Waals surface area contributed by atoms with Gasteiger partial charge in [-0.25, -0.2) is 18.1 Å². The molecule has 1 aromatic heterocycles. The van der Waals surface area contributed by atoms with Crippen LogP contribution in [0.2, 0.25) is 5.15 Å². The predicted molar refractivity (Wildman–Crippen MR) is 85.7 cm³/mol. The quantitative estimate of drug-likeness (QED) is 0.795. The Morgan fingerprint density at radius 3 is 2.81 bits per heavy atom. The Kier molecular flexibility index (Phi) is 4.34. The van der Waals surface area contributed by atoms with Crippen molar-refractivity contribution in [1.82, 2.24) is 9.71 Å². The molecule has 3 rings (SSSR count). The molecule has 7 heteroatoms. The van der Waals surface area contributed by atoms with Crippen LogP contribution in [0.1, 0.15) is 32.6 Å². The summed E-state index contributed by atoms with van der Waals surface area (Å²) in [5.41, 5.74) is 0. The Labute approximate surface area is 138 Å². The summed E-state index contributed by atoms with van der Waals surface area (Å²) in [6, 6.07) is 1.42. The van der Waals surface area contributed by atoms with Crippen LogP contribution in [-0.2, 0) is 10.0 Å². The fourth-order valence-electron chi connectivity index (χ4n) is 3.89. The maximum Gasteiger partial charge on any atom is 0.243 e. The molecule has 0 spiro atoms. The Bertz CT molecular complexity index is 652. The van der Waals surface area contributed by atoms with Gasteiger partial charge < -0.3 is 0 Å². The second-order valence-electron chi connectivity index (χ2n) is 6.19. The fraction of sp³-hybridized carbons (Fsp3) is 0.643. The summed E-state index contributed by atoms with van der Waals surface area (Å²) >= 11 is 9.17. The molecule has 2 fully saturated rings. The van der Waals surface area contributed by atoms with Crippen molar-refractivity contribution >= 4 is 37.6 Å². The van der Waals surface area contributed by atoms with E-state index in [1.54, 1.807) is 0 Å². The van der Waals surface area contributed by atoms with Gasteiger partial charge >= 0.3 is 0 Å². The Balaban J connectivity index is 1.78. The maximum absolute atomic E-state index is 12.5. The normalized spacial score (nSPS) is 29.8. The molecule has 1 aromatic rings. The number of nitrogens with zero attached hydrogens (tertiary/aromatic N) is 1. The molecule has 2 aliphatic rings. The van der Waals surface area contributed by atoms with Crippen molar-refractivity contribution in [2.75, 3.05) is 0 Å². The largest absolute Gasteiger partial charge is 0.243 e. The van der Waals surface area contributed by atoms with Gasteiger partial charge in [0.15, 0.2) is 0 Å². The van der Waals surface area contributed by atoms with Crippen molar-refractivity contribution in [3.8, 4) is 0 Å². The van der Waals surface area contributed by atoms with Crippen molar-refractivity contribution in [3.05, 3.63) is 21.9 Å². The Hall–Kier alpha value is -0.170. The van der Waals surface area contributed by atoms with E-state index in [4.69, 9.17) is 11.6 Å². The van der Waals surface area contributed by atoms with Gasteiger partial charge in [-0.05, 0) is 65.9 Å². The first kappa shape index (κ1) is 15.7. The number of sulfonamides is 1. The lowest BCUT2D eigenvalue weighted by Gasteiger charge is -2.28. The maximum atomic E-state index is 12.5. The summed E-state index contributed by atoms with van der Waals surface area (Å²) in [7, 11) is -3.64. The zero-order chi connectivity index (χ0) is 15.2. The van der Waals surface area contributed by atoms with Gasteiger partial charge in [0.05, 0.1) is 0 Å². The summed E-state index contributed by atoms with van der Waals surface area (Å²) in [5.74, 6) is 1.91. The summed E-state index contributed by atoms with van der Waals surface area (Å²) in [4.78, 5) is 3.92. The fourth-order valence-corrected chi connectivity index (χ4v) is 6.13. The number of nitrogens with one attached hydrogen (secondary N) is 1. The molecule has 1 heterocycles. The van der Waals surface area contributed by atoms with Gasteiger partial charge in [0.2, 0.25) is 10.0 Å². The first-order valence-corrected chi connectivity index (χ1v) is 9.85. The van der Waals surface area contributed by atoms with Crippen LogP contribution in [0.5, 0.6) is 0 Å². The third kappa shape index (κ3) is 3.14. The van der Waals surface area contributed by atoms with E-state index in [2.05, 4.69) is 25.6 Å². The van der Waals surface area contributed by atoms with E-state index in [1.807, 2.05) is 6.92 Å². The van der Waals surface area contributed by atoms with Crippen LogP contribution >= 0.6 is 27.5 Å². The number of halogens is 2. The SMILES string of the molecule is CC(NS(=O)(=O)c1cc(Br)cnc1Cl)C1CC2CCC1C2. The van der Waals surface area contributed by atoms with Crippen molar-refractivity contribution in [3.63, 3.8) is 0 Å². The molecular formula is C14H18BrClN2O2S. The minimum atomic E-state index is -3.64. The zero-order valence-corrected chi connectivity index (χ0v) is 14.9. The average Bonchev–Trinajstić information content (AvgIpc) is 3.03. The van der Waals surface area contributed by atoms with E-state index >= 15 is 0 Å². The standard InChI is InChI=1S/C14H18BrClN2O2S/c1-8(12-5-9-2-3-10(12)4-9)18-21(19,20)13-6-11(15)7-17-14(13)16/h6-10,12,18H,2-5H2,1H3. The molecule has 2 aliphatic carbocycles. The first-order valence-electron chi connectivity index (χ1n) is 7.20. The molecule has 4 atom stereocenters. The minimum Gasteiger partial charge on any atom is -0.242 e. The summed E-state index contributed by atoms with van der Waals surface area (Å²) in [6.45, 7) is 1.96. The van der Waals surface area contributed by atoms with Gasteiger partial charge in [-0.1, -0.05) is 18.0 Å². The van der Waals surface area contributed by atoms with E-state index < -0.39 is 10.0 Å². The third-order valence-corrected chi connectivity index (χ3v) is 7.26. The third-order valence-electron chi connectivity index (χ3n) is 4.84. The van der Waals surface area contributed by atoms with E-state index in [0.717, 1.165) is 12.3 Å². The molecule has 4 nitrogen and oxygen atoms in total. The van der Waals surface area contributed by atoms with Crippen LogP contribution in [-0.4, -0.2) is 19.4 Å². The second kappa shape index (κ2) is 5.80. The molecular weight excluding hydrogens is 376 g/mol. The lowest BCUT2D eigenvalue weighted by molar-refractivity contribution is 0.280. The highest BCUT2D eigenvalue weighted by molar-refractivity contribution is 9.10. The van der Waals surface area contributed by atoms with E-state index in [0.29, 0.717) is 16.3 Å². The number of rotatable bonds is 4. The number of fused-ring (bicyclic) bond motifs is 2. The van der Waals surface area contributed by atoms with Crippen LogP contribution in [0, 0.1) is 17.8 Å². The molecule has 1 N–H and O–H groups in total. The van der Waals surface area contributed by atoms with E-state index in [1.165, 1.54) is 31.5 Å². The van der Waals surface area contributed by atoms with Crippen molar-refractivity contribution < 1.29 is 8.42 Å². The number of hydrogen-bond acceptors (Lipinski definition) is 3. The van der Waals surface area contributed by atoms with Crippen molar-refractivity contribution in [1.29, 1.82) is 0 Å². The highest BCUT2D eigenvalue weighted by Crippen LogP contribution is 2.49. The van der Waals surface area contributed by atoms with Gasteiger partial charge in [0.1, 0.15) is 10.0 Å². The molecule has 21 heavy (non-hydrogen) atoms. The Morgan fingerprint density at radius 1 is 1.43 bits per heavy atom. The van der Waals surface area contributed by atoms with Crippen LogP contribution in [0.4, 0.5) is 0 Å². The highest BCUT2D eigenvalue weighted by atomic mass is 79.9. The monoisotopic (exact) mass is 392 g/mol. The molecule has 0 aliphatic heterocycles. The summed E-state index contributed by atoms with van der Waals surface area (Å²) in [6.07, 6.45) is 6.43. The molecule has 0 aromatic carbocycles. The van der Waals surface area contributed by atoms with Gasteiger partial charge in [0, 0.05) is 16.7 Å². The molecule has 0 saturated heterocycles. The van der Waals surface area contributed by atoms with Crippen LogP contribution in [0.3, 0.4) is 0 Å². The van der Waals surface area contributed by atoms with Crippen LogP contribution in [0.25, 0.3) is 0 Å². The molecule has 2 saturated carbocycles. The smallest absolute Gasteiger partial charge is 0.242 e. The van der Waals surface area contributed by atoms with Crippen molar-refractivity contribution in [2.24, 2.45) is 17.8 Å². The van der Waals surface area contributed by atoms with Gasteiger partial charge in [0.25, 0.3) is 0 Å². The van der Waals surface area contributed by atoms with Gasteiger partial charge in [-0.15, -0.1) is 0 Å². The van der Waals surface area contributed by atoms with Crippen molar-refractivity contribution in [2.45, 2.75) is 43.5 Å².